The van der Waals surface area contributed by atoms with Gasteiger partial charge in [-0.1, -0.05) is 72.8 Å². The van der Waals surface area contributed by atoms with Crippen molar-refractivity contribution >= 4 is 68.3 Å². The average molecular weight is 891 g/mol. The van der Waals surface area contributed by atoms with E-state index in [0.29, 0.717) is 57.5 Å². The molecular formula is C53H42N6O8. The lowest BCUT2D eigenvalue weighted by Gasteiger charge is -2.23. The maximum atomic E-state index is 13.8. The number of aryl methyl sites for hydroxylation is 2. The normalized spacial score (nSPS) is 12.0. The fraction of sp³-hybridized carbons (Fsp3) is 0.132. The first-order valence-corrected chi connectivity index (χ1v) is 21.7. The Bertz CT molecular complexity index is 3260. The Morgan fingerprint density at radius 3 is 1.27 bits per heavy atom. The molecule has 0 atom stereocenters. The molecule has 0 spiro atoms. The van der Waals surface area contributed by atoms with Gasteiger partial charge in [-0.2, -0.15) is 0 Å². The van der Waals surface area contributed by atoms with Gasteiger partial charge in [-0.3, -0.25) is 19.2 Å². The highest BCUT2D eigenvalue weighted by atomic mass is 16.6. The molecule has 332 valence electrons. The van der Waals surface area contributed by atoms with E-state index in [2.05, 4.69) is 21.3 Å². The van der Waals surface area contributed by atoms with E-state index in [1.54, 1.807) is 47.5 Å². The second-order valence-corrected chi connectivity index (χ2v) is 16.4. The number of nitrogens with one attached hydrogen (secondary N) is 4. The van der Waals surface area contributed by atoms with E-state index in [0.717, 1.165) is 55.5 Å². The summed E-state index contributed by atoms with van der Waals surface area (Å²) in [6.07, 6.45) is -0.517. The smallest absolute Gasteiger partial charge is 0.408 e. The van der Waals surface area contributed by atoms with Crippen molar-refractivity contribution in [2.24, 2.45) is 14.1 Å². The molecule has 0 saturated carbocycles. The van der Waals surface area contributed by atoms with Gasteiger partial charge >= 0.3 is 12.2 Å². The van der Waals surface area contributed by atoms with Crippen LogP contribution in [0.3, 0.4) is 0 Å². The number of pyridine rings is 2. The van der Waals surface area contributed by atoms with E-state index in [1.807, 2.05) is 109 Å². The first kappa shape index (κ1) is 42.2. The van der Waals surface area contributed by atoms with Gasteiger partial charge in [0.2, 0.25) is 0 Å². The number of hydrogen-bond acceptors (Lipinski definition) is 10. The summed E-state index contributed by atoms with van der Waals surface area (Å²) in [5, 5.41) is 13.2. The minimum Gasteiger partial charge on any atom is -0.449 e. The van der Waals surface area contributed by atoms with Crippen LogP contribution in [-0.2, 0) is 36.4 Å². The Kier molecular flexibility index (Phi) is 10.9. The van der Waals surface area contributed by atoms with Gasteiger partial charge in [0.05, 0.1) is 53.4 Å². The molecule has 2 aliphatic rings. The summed E-state index contributed by atoms with van der Waals surface area (Å²) in [4.78, 5) is 77.9. The number of carbonyl (C=O) groups is 4. The van der Waals surface area contributed by atoms with Gasteiger partial charge in [-0.15, -0.1) is 0 Å². The molecule has 8 aromatic rings. The zero-order chi connectivity index (χ0) is 46.3. The van der Waals surface area contributed by atoms with Gasteiger partial charge in [0.25, 0.3) is 11.1 Å². The number of rotatable bonds is 12. The van der Waals surface area contributed by atoms with Crippen LogP contribution in [0.2, 0.25) is 0 Å². The number of ketones is 2. The maximum Gasteiger partial charge on any atom is 0.408 e. The van der Waals surface area contributed by atoms with Crippen LogP contribution in [0.5, 0.6) is 0 Å². The van der Waals surface area contributed by atoms with Crippen LogP contribution in [0.25, 0.3) is 44.1 Å². The molecule has 14 nitrogen and oxygen atoms in total. The number of alkyl carbamates (subject to hydrolysis) is 2. The number of aromatic nitrogens is 2. The Balaban J connectivity index is 0.669. The summed E-state index contributed by atoms with van der Waals surface area (Å²) < 4.78 is 13.7. The number of anilines is 4. The molecule has 0 unspecified atom stereocenters. The number of amides is 2. The molecule has 10 rings (SSSR count). The van der Waals surface area contributed by atoms with Crippen LogP contribution < -0.4 is 32.4 Å². The molecule has 14 heteroatoms. The molecule has 2 amide bonds. The van der Waals surface area contributed by atoms with E-state index in [4.69, 9.17) is 9.47 Å². The first-order valence-electron chi connectivity index (χ1n) is 21.7. The predicted molar refractivity (Wildman–Crippen MR) is 257 cm³/mol. The third-order valence-electron chi connectivity index (χ3n) is 12.4. The molecule has 2 heterocycles. The minimum atomic E-state index is -0.700. The van der Waals surface area contributed by atoms with Crippen molar-refractivity contribution in [3.8, 4) is 22.3 Å². The van der Waals surface area contributed by atoms with Crippen molar-refractivity contribution < 1.29 is 28.7 Å². The average Bonchev–Trinajstić information content (AvgIpc) is 3.34. The number of ether oxygens (including phenoxy) is 2. The van der Waals surface area contributed by atoms with Gasteiger partial charge < -0.3 is 39.9 Å². The van der Waals surface area contributed by atoms with Gasteiger partial charge in [0.15, 0.2) is 11.6 Å². The topological polar surface area (TPSA) is 179 Å². The lowest BCUT2D eigenvalue weighted by Crippen LogP contribution is -2.38. The summed E-state index contributed by atoms with van der Waals surface area (Å²) >= 11 is 0. The number of nitrogens with zero attached hydrogens (tertiary/aromatic N) is 2. The molecule has 0 aliphatic heterocycles. The molecule has 0 saturated heterocycles. The van der Waals surface area contributed by atoms with Gasteiger partial charge in [-0.25, -0.2) is 9.59 Å². The number of fused-ring (bicyclic) bond motifs is 4. The van der Waals surface area contributed by atoms with E-state index in [1.165, 1.54) is 0 Å². The van der Waals surface area contributed by atoms with E-state index < -0.39 is 12.2 Å². The van der Waals surface area contributed by atoms with E-state index >= 15 is 0 Å². The van der Waals surface area contributed by atoms with Crippen LogP contribution in [0.1, 0.15) is 43.0 Å². The third kappa shape index (κ3) is 7.84. The molecule has 6 aromatic carbocycles. The standard InChI is InChI=1S/C53H42N6O8/c1-58-42-21-19-40(48-46(42)38(27-44(58)60)34-7-3-5-9-36(34)50(48)62)56-32-15-11-30(12-16-32)23-25-66-52(64)54-29-55-53(65)67-26-24-31-13-17-33(18-14-31)57-41-20-22-43-47-39(28-45(61)59(43)2)35-8-4-6-10-37(35)51(63)49(41)47/h3-22,27-28,56-57H,23-26,29H2,1-2H3,(H,54,64)(H,55,65). The van der Waals surface area contributed by atoms with Crippen molar-refractivity contribution in [1.82, 2.24) is 19.8 Å². The molecule has 0 radical (unpaired) electrons. The van der Waals surface area contributed by atoms with Crippen molar-refractivity contribution in [2.45, 2.75) is 12.8 Å². The largest absolute Gasteiger partial charge is 0.449 e. The lowest BCUT2D eigenvalue weighted by atomic mass is 9.83. The zero-order valence-corrected chi connectivity index (χ0v) is 36.4. The molecule has 67 heavy (non-hydrogen) atoms. The highest BCUT2D eigenvalue weighted by Gasteiger charge is 2.30. The quantitative estimate of drug-likeness (QED) is 0.0870. The maximum absolute atomic E-state index is 13.8. The van der Waals surface area contributed by atoms with Crippen molar-refractivity contribution in [1.29, 1.82) is 0 Å². The molecule has 4 N–H and O–H groups in total. The number of carbonyl (C=O) groups excluding carboxylic acids is 4. The zero-order valence-electron chi connectivity index (χ0n) is 36.4. The fourth-order valence-corrected chi connectivity index (χ4v) is 8.95. The lowest BCUT2D eigenvalue weighted by molar-refractivity contribution is 0.103. The Hall–Kier alpha value is -8.78. The highest BCUT2D eigenvalue weighted by molar-refractivity contribution is 6.29. The molecular weight excluding hydrogens is 849 g/mol. The van der Waals surface area contributed by atoms with Crippen molar-refractivity contribution in [2.75, 3.05) is 30.5 Å². The second-order valence-electron chi connectivity index (χ2n) is 16.4. The fourth-order valence-electron chi connectivity index (χ4n) is 8.95. The van der Waals surface area contributed by atoms with Gasteiger partial charge in [0, 0.05) is 72.3 Å². The minimum absolute atomic E-state index is 0.0980. The van der Waals surface area contributed by atoms with Crippen LogP contribution in [0.4, 0.5) is 32.3 Å². The van der Waals surface area contributed by atoms with Crippen LogP contribution in [0, 0.1) is 0 Å². The summed E-state index contributed by atoms with van der Waals surface area (Å²) in [6.45, 7) is 0.00518. The molecule has 2 aromatic heterocycles. The first-order chi connectivity index (χ1) is 32.5. The van der Waals surface area contributed by atoms with E-state index in [9.17, 15) is 28.8 Å². The molecule has 0 fully saturated rings. The Morgan fingerprint density at radius 1 is 0.478 bits per heavy atom. The summed E-state index contributed by atoms with van der Waals surface area (Å²) in [5.74, 6) is -0.233. The second kappa shape index (κ2) is 17.3. The number of benzene rings is 6. The summed E-state index contributed by atoms with van der Waals surface area (Å²) in [5.41, 5.74) is 10.7. The molecule has 0 bridgehead atoms. The third-order valence-corrected chi connectivity index (χ3v) is 12.4. The summed E-state index contributed by atoms with van der Waals surface area (Å²) in [6, 6.07) is 40.3. The van der Waals surface area contributed by atoms with Gasteiger partial charge in [-0.05, 0) is 81.9 Å². The Labute approximate surface area is 382 Å². The van der Waals surface area contributed by atoms with Crippen LogP contribution in [-0.4, -0.2) is 52.8 Å². The predicted octanol–water partition coefficient (Wildman–Crippen LogP) is 8.50. The van der Waals surface area contributed by atoms with E-state index in [-0.39, 0.29) is 42.6 Å². The van der Waals surface area contributed by atoms with Crippen LogP contribution >= 0.6 is 0 Å². The number of hydrogen-bond donors (Lipinski definition) is 4. The highest BCUT2D eigenvalue weighted by Crippen LogP contribution is 2.43. The van der Waals surface area contributed by atoms with Crippen molar-refractivity contribution in [3.05, 3.63) is 188 Å². The van der Waals surface area contributed by atoms with Gasteiger partial charge in [0.1, 0.15) is 0 Å². The Morgan fingerprint density at radius 2 is 0.866 bits per heavy atom. The molecule has 2 aliphatic carbocycles. The monoisotopic (exact) mass is 890 g/mol. The SMILES string of the molecule is Cn1c(=O)cc2c3c(c(Nc4ccc(CCOC(=O)NCNC(=O)OCCc5ccc(Nc6ccc7c8c(cc(=O)n7C)-c7ccccc7C(=O)c68)cc5)cc4)ccc31)C(=O)c1ccccc1-2. The van der Waals surface area contributed by atoms with Crippen LogP contribution in [0.15, 0.2) is 143 Å². The summed E-state index contributed by atoms with van der Waals surface area (Å²) in [7, 11) is 3.40. The van der Waals surface area contributed by atoms with Crippen molar-refractivity contribution in [3.63, 3.8) is 0 Å².